The molecule has 1 aliphatic heterocycles. The van der Waals surface area contributed by atoms with Crippen molar-refractivity contribution in [3.8, 4) is 0 Å². The van der Waals surface area contributed by atoms with Crippen molar-refractivity contribution in [3.05, 3.63) is 97.1 Å². The average Bonchev–Trinajstić information content (AvgIpc) is 2.99. The van der Waals surface area contributed by atoms with E-state index in [0.717, 1.165) is 54.7 Å². The number of nitrogens with one attached hydrogen (secondary N) is 2. The molecule has 0 fully saturated rings. The minimum absolute atomic E-state index is 0.513. The number of anilines is 4. The molecule has 0 aliphatic carbocycles. The lowest BCUT2D eigenvalue weighted by Crippen LogP contribution is -2.12. The fourth-order valence-corrected chi connectivity index (χ4v) is 5.92. The molecule has 2 N–H and O–H groups in total. The van der Waals surface area contributed by atoms with Gasteiger partial charge in [-0.3, -0.25) is 0 Å². The van der Waals surface area contributed by atoms with Crippen molar-refractivity contribution in [3.63, 3.8) is 0 Å². The maximum atomic E-state index is 5.03. The maximum absolute atomic E-state index is 5.03. The topological polar surface area (TPSA) is 75.6 Å². The van der Waals surface area contributed by atoms with Crippen LogP contribution in [0.25, 0.3) is 65.4 Å². The summed E-state index contributed by atoms with van der Waals surface area (Å²) in [4.78, 5) is 19.9. The van der Waals surface area contributed by atoms with E-state index in [2.05, 4.69) is 95.6 Å². The summed E-state index contributed by atoms with van der Waals surface area (Å²) in [6.45, 7) is 0. The predicted molar refractivity (Wildman–Crippen MR) is 156 cm³/mol. The number of fused-ring (bicyclic) bond motifs is 14. The van der Waals surface area contributed by atoms with Gasteiger partial charge in [-0.25, -0.2) is 19.9 Å². The lowest BCUT2D eigenvalue weighted by Gasteiger charge is -2.25. The van der Waals surface area contributed by atoms with E-state index < -0.39 is 0 Å². The van der Waals surface area contributed by atoms with Gasteiger partial charge >= 0.3 is 0 Å². The van der Waals surface area contributed by atoms with Gasteiger partial charge in [0, 0.05) is 21.5 Å². The third-order valence-electron chi connectivity index (χ3n) is 7.59. The molecule has 2 aromatic heterocycles. The third-order valence-corrected chi connectivity index (χ3v) is 7.59. The minimum atomic E-state index is 0.513. The Labute approximate surface area is 216 Å². The largest absolute Gasteiger partial charge is 0.335 e. The number of rotatable bonds is 0. The Morgan fingerprint density at radius 1 is 0.342 bits per heavy atom. The molecule has 6 heteroatoms. The first-order valence-corrected chi connectivity index (χ1v) is 12.6. The maximum Gasteiger partial charge on any atom is 0.200 e. The highest BCUT2D eigenvalue weighted by molar-refractivity contribution is 6.24. The average molecular weight is 487 g/mol. The smallest absolute Gasteiger partial charge is 0.200 e. The molecule has 0 saturated heterocycles. The molecule has 9 rings (SSSR count). The van der Waals surface area contributed by atoms with Crippen LogP contribution in [0.5, 0.6) is 0 Å². The first-order valence-electron chi connectivity index (χ1n) is 12.6. The van der Waals surface area contributed by atoms with Crippen molar-refractivity contribution in [2.75, 3.05) is 10.6 Å². The number of hydrogen-bond donors (Lipinski definition) is 2. The molecule has 176 valence electrons. The molecule has 0 unspecified atom stereocenters. The van der Waals surface area contributed by atoms with Gasteiger partial charge in [0.15, 0.2) is 11.6 Å². The highest BCUT2D eigenvalue weighted by Crippen LogP contribution is 2.46. The normalized spacial score (nSPS) is 12.6. The van der Waals surface area contributed by atoms with E-state index in [-0.39, 0.29) is 0 Å². The van der Waals surface area contributed by atoms with E-state index in [9.17, 15) is 0 Å². The molecule has 0 radical (unpaired) electrons. The van der Waals surface area contributed by atoms with E-state index >= 15 is 0 Å². The van der Waals surface area contributed by atoms with Crippen LogP contribution < -0.4 is 10.6 Å². The van der Waals surface area contributed by atoms with Crippen molar-refractivity contribution in [2.24, 2.45) is 0 Å². The first-order chi connectivity index (χ1) is 18.8. The summed E-state index contributed by atoms with van der Waals surface area (Å²) >= 11 is 0. The Balaban J connectivity index is 1.34. The van der Waals surface area contributed by atoms with Crippen molar-refractivity contribution in [1.29, 1.82) is 0 Å². The molecular formula is C32H18N6. The van der Waals surface area contributed by atoms with E-state index in [0.29, 0.717) is 22.9 Å². The van der Waals surface area contributed by atoms with Crippen LogP contribution in [-0.4, -0.2) is 19.9 Å². The zero-order valence-electron chi connectivity index (χ0n) is 20.0. The van der Waals surface area contributed by atoms with Crippen LogP contribution >= 0.6 is 0 Å². The highest BCUT2D eigenvalue weighted by atomic mass is 15.2. The summed E-state index contributed by atoms with van der Waals surface area (Å²) in [6, 6.07) is 33.6. The Morgan fingerprint density at radius 3 is 1.05 bits per heavy atom. The van der Waals surface area contributed by atoms with Crippen LogP contribution in [0.2, 0.25) is 0 Å². The van der Waals surface area contributed by atoms with Crippen LogP contribution in [0.3, 0.4) is 0 Å². The van der Waals surface area contributed by atoms with E-state index in [1.807, 2.05) is 12.1 Å². The van der Waals surface area contributed by atoms with Gasteiger partial charge in [0.2, 0.25) is 11.3 Å². The molecule has 6 nitrogen and oxygen atoms in total. The quantitative estimate of drug-likeness (QED) is 0.167. The van der Waals surface area contributed by atoms with Crippen LogP contribution in [0.15, 0.2) is 97.1 Å². The van der Waals surface area contributed by atoms with Crippen molar-refractivity contribution < 1.29 is 0 Å². The summed E-state index contributed by atoms with van der Waals surface area (Å²) in [7, 11) is 0. The number of aromatic nitrogens is 4. The molecule has 0 atom stereocenters. The molecule has 38 heavy (non-hydrogen) atoms. The van der Waals surface area contributed by atoms with Gasteiger partial charge in [0.05, 0.1) is 22.4 Å². The molecule has 3 heterocycles. The predicted octanol–water partition coefficient (Wildman–Crippen LogP) is 7.99. The highest BCUT2D eigenvalue weighted by Gasteiger charge is 2.24. The Morgan fingerprint density at radius 2 is 0.658 bits per heavy atom. The van der Waals surface area contributed by atoms with Crippen LogP contribution in [0.4, 0.5) is 23.0 Å². The van der Waals surface area contributed by atoms with Crippen LogP contribution in [0, 0.1) is 0 Å². The number of benzene rings is 6. The van der Waals surface area contributed by atoms with Crippen LogP contribution in [0.1, 0.15) is 0 Å². The summed E-state index contributed by atoms with van der Waals surface area (Å²) in [5.74, 6) is 1.29. The zero-order chi connectivity index (χ0) is 24.8. The molecule has 6 aromatic carbocycles. The molecule has 0 spiro atoms. The third kappa shape index (κ3) is 2.56. The van der Waals surface area contributed by atoms with E-state index in [1.165, 1.54) is 10.8 Å². The summed E-state index contributed by atoms with van der Waals surface area (Å²) < 4.78 is 0. The molecule has 0 bridgehead atoms. The van der Waals surface area contributed by atoms with Gasteiger partial charge in [-0.2, -0.15) is 0 Å². The van der Waals surface area contributed by atoms with Crippen molar-refractivity contribution in [2.45, 2.75) is 0 Å². The van der Waals surface area contributed by atoms with Gasteiger partial charge in [0.25, 0.3) is 0 Å². The van der Waals surface area contributed by atoms with Gasteiger partial charge in [-0.1, -0.05) is 97.1 Å². The zero-order valence-corrected chi connectivity index (χ0v) is 20.0. The standard InChI is InChI=1S/C32H18N6/c1-5-13-21-17(9-1)18-10-2-6-14-22(18)26-25(21)33-29-30(34-26)38-32-31(37-29)35-27-23-15-7-3-11-19(23)20-12-4-8-16-24(20)28(27)36-32/h1-16H,(H,33,35,37)(H,34,36,38). The fourth-order valence-electron chi connectivity index (χ4n) is 5.92. The van der Waals surface area contributed by atoms with Gasteiger partial charge < -0.3 is 10.6 Å². The molecule has 8 aromatic rings. The molecular weight excluding hydrogens is 468 g/mol. The van der Waals surface area contributed by atoms with Crippen LogP contribution in [-0.2, 0) is 0 Å². The Bertz CT molecular complexity index is 2150. The molecule has 1 aliphatic rings. The molecule has 0 amide bonds. The van der Waals surface area contributed by atoms with Gasteiger partial charge in [-0.05, 0) is 21.5 Å². The minimum Gasteiger partial charge on any atom is -0.335 e. The SMILES string of the molecule is c1ccc2c(c1)c1c(c3ccccc32)Nc2nc3nc4c5ccccc5c5ccccc5c4nc3nc2N1. The lowest BCUT2D eigenvalue weighted by molar-refractivity contribution is 1.19. The fraction of sp³-hybridized carbons (Fsp3) is 0. The monoisotopic (exact) mass is 486 g/mol. The number of hydrogen-bond acceptors (Lipinski definition) is 6. The second-order valence-electron chi connectivity index (χ2n) is 9.67. The second-order valence-corrected chi connectivity index (χ2v) is 9.67. The van der Waals surface area contributed by atoms with Crippen molar-refractivity contribution in [1.82, 2.24) is 19.9 Å². The molecule has 0 saturated carbocycles. The summed E-state index contributed by atoms with van der Waals surface area (Å²) in [6.07, 6.45) is 0. The van der Waals surface area contributed by atoms with Gasteiger partial charge in [0.1, 0.15) is 0 Å². The Hall–Kier alpha value is -5.36. The Kier molecular flexibility index (Phi) is 3.70. The van der Waals surface area contributed by atoms with Crippen molar-refractivity contribution >= 4 is 88.4 Å². The van der Waals surface area contributed by atoms with E-state index in [4.69, 9.17) is 19.9 Å². The van der Waals surface area contributed by atoms with Gasteiger partial charge in [-0.15, -0.1) is 0 Å². The van der Waals surface area contributed by atoms with E-state index in [1.54, 1.807) is 0 Å². The summed E-state index contributed by atoms with van der Waals surface area (Å²) in [5.41, 5.74) is 4.68. The first kappa shape index (κ1) is 19.8. The summed E-state index contributed by atoms with van der Waals surface area (Å²) in [5, 5.41) is 16.2. The lowest BCUT2D eigenvalue weighted by atomic mass is 9.97. The second kappa shape index (κ2) is 7.11. The number of nitrogens with zero attached hydrogens (tertiary/aromatic N) is 4.